The first-order valence-corrected chi connectivity index (χ1v) is 9.08. The van der Waals surface area contributed by atoms with Crippen molar-refractivity contribution in [2.75, 3.05) is 13.7 Å². The summed E-state index contributed by atoms with van der Waals surface area (Å²) in [5, 5.41) is 10.2. The zero-order chi connectivity index (χ0) is 18.9. The minimum atomic E-state index is -1.39. The van der Waals surface area contributed by atoms with Crippen molar-refractivity contribution in [1.82, 2.24) is 4.90 Å². The van der Waals surface area contributed by atoms with Gasteiger partial charge in [-0.2, -0.15) is 0 Å². The Balaban J connectivity index is 2.35. The fourth-order valence-corrected chi connectivity index (χ4v) is 4.78. The maximum Gasteiger partial charge on any atom is 0.410 e. The minimum absolute atomic E-state index is 0.0229. The highest BCUT2D eigenvalue weighted by atomic mass is 79.9. The van der Waals surface area contributed by atoms with E-state index in [1.54, 1.807) is 19.2 Å². The van der Waals surface area contributed by atoms with E-state index >= 15 is 0 Å². The number of amides is 1. The Kier molecular flexibility index (Phi) is 4.90. The number of aliphatic hydroxyl groups excluding tert-OH is 1. The van der Waals surface area contributed by atoms with E-state index in [0.717, 1.165) is 5.56 Å². The lowest BCUT2D eigenvalue weighted by Crippen LogP contribution is -2.60. The molecule has 0 radical (unpaired) electrons. The van der Waals surface area contributed by atoms with Crippen LogP contribution in [-0.2, 0) is 19.4 Å². The fourth-order valence-electron chi connectivity index (χ4n) is 3.58. The van der Waals surface area contributed by atoms with Crippen molar-refractivity contribution >= 4 is 27.8 Å². The molecule has 136 valence electrons. The first-order chi connectivity index (χ1) is 12.4. The number of ether oxygens (including phenoxy) is 1. The molecule has 2 aromatic carbocycles. The molecular formula is C20H20BrNO4. The zero-order valence-electron chi connectivity index (χ0n) is 14.6. The summed E-state index contributed by atoms with van der Waals surface area (Å²) in [5.74, 6) is -0.447. The van der Waals surface area contributed by atoms with Gasteiger partial charge in [0.15, 0.2) is 5.78 Å². The van der Waals surface area contributed by atoms with Crippen LogP contribution in [0.2, 0.25) is 0 Å². The van der Waals surface area contributed by atoms with E-state index in [2.05, 4.69) is 15.9 Å². The number of carbonyl (C=O) groups is 2. The quantitative estimate of drug-likeness (QED) is 0.758. The van der Waals surface area contributed by atoms with Gasteiger partial charge in [0.2, 0.25) is 0 Å². The largest absolute Gasteiger partial charge is 0.446 e. The minimum Gasteiger partial charge on any atom is -0.446 e. The van der Waals surface area contributed by atoms with Gasteiger partial charge in [0.05, 0.1) is 0 Å². The molecule has 1 heterocycles. The standard InChI is InChI=1S/C20H20BrNO4/c1-14(23)17(24)20(21,16-11-7-4-8-12-16)19(13-26-18(25)22(19)2)15-9-5-3-6-10-15/h3-12,14,23H,13H2,1-2H3/t14?,19-,20?/m1/s1. The second kappa shape index (κ2) is 6.85. The molecule has 1 aliphatic heterocycles. The Morgan fingerprint density at radius 3 is 2.19 bits per heavy atom. The van der Waals surface area contributed by atoms with Gasteiger partial charge < -0.3 is 9.84 Å². The molecule has 0 spiro atoms. The predicted octanol–water partition coefficient (Wildman–Crippen LogP) is 3.20. The molecule has 6 heteroatoms. The van der Waals surface area contributed by atoms with Crippen LogP contribution in [0.3, 0.4) is 0 Å². The fraction of sp³-hybridized carbons (Fsp3) is 0.300. The number of halogens is 1. The highest BCUT2D eigenvalue weighted by Gasteiger charge is 2.64. The molecule has 26 heavy (non-hydrogen) atoms. The van der Waals surface area contributed by atoms with Gasteiger partial charge in [-0.05, 0) is 18.1 Å². The van der Waals surface area contributed by atoms with Crippen LogP contribution in [0.5, 0.6) is 0 Å². The van der Waals surface area contributed by atoms with Crippen LogP contribution in [0, 0.1) is 0 Å². The smallest absolute Gasteiger partial charge is 0.410 e. The number of hydrogen-bond acceptors (Lipinski definition) is 4. The van der Waals surface area contributed by atoms with Crippen LogP contribution >= 0.6 is 15.9 Å². The van der Waals surface area contributed by atoms with Gasteiger partial charge in [0.25, 0.3) is 0 Å². The van der Waals surface area contributed by atoms with Crippen LogP contribution in [0.25, 0.3) is 0 Å². The molecule has 2 unspecified atom stereocenters. The van der Waals surface area contributed by atoms with Crippen molar-refractivity contribution in [2.24, 2.45) is 0 Å². The van der Waals surface area contributed by atoms with Crippen molar-refractivity contribution in [2.45, 2.75) is 22.9 Å². The molecular weight excluding hydrogens is 398 g/mol. The summed E-state index contributed by atoms with van der Waals surface area (Å²) in [7, 11) is 1.61. The van der Waals surface area contributed by atoms with E-state index < -0.39 is 27.8 Å². The van der Waals surface area contributed by atoms with Crippen molar-refractivity contribution in [3.63, 3.8) is 0 Å². The average molecular weight is 418 g/mol. The van der Waals surface area contributed by atoms with Gasteiger partial charge in [0.1, 0.15) is 22.6 Å². The number of alkyl halides is 1. The van der Waals surface area contributed by atoms with Crippen LogP contribution in [0.4, 0.5) is 4.79 Å². The summed E-state index contributed by atoms with van der Waals surface area (Å²) in [6.07, 6.45) is -1.76. The van der Waals surface area contributed by atoms with Gasteiger partial charge in [-0.25, -0.2) is 4.79 Å². The zero-order valence-corrected chi connectivity index (χ0v) is 16.1. The number of aliphatic hydroxyl groups is 1. The molecule has 0 bridgehead atoms. The van der Waals surface area contributed by atoms with Crippen LogP contribution in [0.1, 0.15) is 18.1 Å². The number of rotatable bonds is 5. The number of ketones is 1. The third-order valence-corrected chi connectivity index (χ3v) is 6.47. The third-order valence-electron chi connectivity index (χ3n) is 4.96. The molecule has 2 aromatic rings. The monoisotopic (exact) mass is 417 g/mol. The van der Waals surface area contributed by atoms with Crippen molar-refractivity contribution in [1.29, 1.82) is 0 Å². The summed E-state index contributed by atoms with van der Waals surface area (Å²) < 4.78 is 3.97. The second-order valence-electron chi connectivity index (χ2n) is 6.40. The van der Waals surface area contributed by atoms with E-state index in [1.165, 1.54) is 11.8 Å². The molecule has 1 amide bonds. The van der Waals surface area contributed by atoms with Gasteiger partial charge in [0, 0.05) is 7.05 Å². The highest BCUT2D eigenvalue weighted by Crippen LogP contribution is 2.54. The lowest BCUT2D eigenvalue weighted by Gasteiger charge is -2.46. The van der Waals surface area contributed by atoms with E-state index in [4.69, 9.17) is 4.74 Å². The molecule has 3 rings (SSSR count). The predicted molar refractivity (Wildman–Crippen MR) is 101 cm³/mol. The SMILES string of the molecule is CC(O)C(=O)C(Br)(c1ccccc1)[C@]1(c2ccccc2)COC(=O)N1C. The first-order valence-electron chi connectivity index (χ1n) is 8.28. The van der Waals surface area contributed by atoms with Gasteiger partial charge in [-0.3, -0.25) is 9.69 Å². The maximum atomic E-state index is 13.3. The Labute approximate surface area is 160 Å². The summed E-state index contributed by atoms with van der Waals surface area (Å²) in [6.45, 7) is 1.41. The van der Waals surface area contributed by atoms with E-state index in [0.29, 0.717) is 5.56 Å². The molecule has 1 fully saturated rings. The Morgan fingerprint density at radius 2 is 1.73 bits per heavy atom. The Hall–Kier alpha value is -2.18. The maximum absolute atomic E-state index is 13.3. The topological polar surface area (TPSA) is 66.8 Å². The van der Waals surface area contributed by atoms with Gasteiger partial charge in [-0.15, -0.1) is 0 Å². The number of likely N-dealkylation sites (N-methyl/N-ethyl adjacent to an activating group) is 1. The molecule has 0 aliphatic carbocycles. The molecule has 1 N–H and O–H groups in total. The highest BCUT2D eigenvalue weighted by molar-refractivity contribution is 9.10. The van der Waals surface area contributed by atoms with Crippen LogP contribution in [-0.4, -0.2) is 41.6 Å². The van der Waals surface area contributed by atoms with E-state index in [1.807, 2.05) is 48.5 Å². The lowest BCUT2D eigenvalue weighted by atomic mass is 9.71. The lowest BCUT2D eigenvalue weighted by molar-refractivity contribution is -0.132. The average Bonchev–Trinajstić information content (AvgIpc) is 2.98. The number of nitrogens with zero attached hydrogens (tertiary/aromatic N) is 1. The van der Waals surface area contributed by atoms with Gasteiger partial charge >= 0.3 is 6.09 Å². The van der Waals surface area contributed by atoms with Crippen molar-refractivity contribution in [3.8, 4) is 0 Å². The normalized spacial score (nSPS) is 23.2. The van der Waals surface area contributed by atoms with Crippen molar-refractivity contribution < 1.29 is 19.4 Å². The van der Waals surface area contributed by atoms with Crippen LogP contribution < -0.4 is 0 Å². The molecule has 0 aromatic heterocycles. The number of hydrogen-bond donors (Lipinski definition) is 1. The second-order valence-corrected chi connectivity index (χ2v) is 7.59. The summed E-state index contributed by atoms with van der Waals surface area (Å²) in [4.78, 5) is 27.1. The van der Waals surface area contributed by atoms with E-state index in [-0.39, 0.29) is 6.61 Å². The molecule has 3 atom stereocenters. The summed E-state index contributed by atoms with van der Waals surface area (Å²) >= 11 is 3.66. The number of cyclic esters (lactones) is 1. The number of benzene rings is 2. The summed E-state index contributed by atoms with van der Waals surface area (Å²) in [6, 6.07) is 18.3. The van der Waals surface area contributed by atoms with Crippen molar-refractivity contribution in [3.05, 3.63) is 71.8 Å². The third kappa shape index (κ3) is 2.56. The molecule has 1 saturated heterocycles. The van der Waals surface area contributed by atoms with Gasteiger partial charge in [-0.1, -0.05) is 76.6 Å². The van der Waals surface area contributed by atoms with Crippen LogP contribution in [0.15, 0.2) is 60.7 Å². The number of Topliss-reactive ketones (excluding diaryl/α,β-unsaturated/α-hetero) is 1. The Morgan fingerprint density at radius 1 is 1.19 bits per heavy atom. The Bertz CT molecular complexity index is 811. The first kappa shape index (κ1) is 18.6. The number of carbonyl (C=O) groups excluding carboxylic acids is 2. The molecule has 1 aliphatic rings. The van der Waals surface area contributed by atoms with E-state index in [9.17, 15) is 14.7 Å². The molecule has 5 nitrogen and oxygen atoms in total. The summed E-state index contributed by atoms with van der Waals surface area (Å²) in [5.41, 5.74) is 0.226. The molecule has 0 saturated carbocycles.